The van der Waals surface area contributed by atoms with Crippen LogP contribution in [0.4, 0.5) is 34.1 Å². The molecule has 0 aliphatic rings. The maximum atomic E-state index is 12.3. The minimum atomic E-state index is -4.85. The quantitative estimate of drug-likeness (QED) is 0.0916. The number of nitrogens with zero attached hydrogens (tertiary/aromatic N) is 4. The molecule has 0 atom stereocenters. The van der Waals surface area contributed by atoms with Crippen molar-refractivity contribution >= 4 is 75.3 Å². The zero-order chi connectivity index (χ0) is 32.4. The fourth-order valence-electron chi connectivity index (χ4n) is 4.20. The summed E-state index contributed by atoms with van der Waals surface area (Å²) in [5.41, 5.74) is 0.987. The fourth-order valence-corrected chi connectivity index (χ4v) is 6.05. The molecule has 0 fully saturated rings. The van der Waals surface area contributed by atoms with E-state index in [1.165, 1.54) is 48.5 Å². The van der Waals surface area contributed by atoms with E-state index in [-0.39, 0.29) is 38.4 Å². The van der Waals surface area contributed by atoms with Crippen LogP contribution in [0.15, 0.2) is 138 Å². The Morgan fingerprint density at radius 3 is 1.76 bits per heavy atom. The molecule has 17 heteroatoms. The zero-order valence-electron chi connectivity index (χ0n) is 22.6. The molecule has 0 bridgehead atoms. The molecule has 0 aliphatic heterocycles. The van der Waals surface area contributed by atoms with E-state index in [2.05, 4.69) is 25.8 Å². The summed E-state index contributed by atoms with van der Waals surface area (Å²) in [7, 11) is -13.9. The highest BCUT2D eigenvalue weighted by molar-refractivity contribution is 7.86. The number of nitrogens with one attached hydrogen (secondary N) is 1. The van der Waals surface area contributed by atoms with Crippen molar-refractivity contribution in [1.82, 2.24) is 0 Å². The van der Waals surface area contributed by atoms with Gasteiger partial charge in [-0.05, 0) is 72.8 Å². The predicted octanol–water partition coefficient (Wildman–Crippen LogP) is 7.15. The van der Waals surface area contributed by atoms with Gasteiger partial charge >= 0.3 is 0 Å². The van der Waals surface area contributed by atoms with Crippen LogP contribution in [0.1, 0.15) is 0 Å². The molecule has 0 heterocycles. The summed E-state index contributed by atoms with van der Waals surface area (Å²) in [6.45, 7) is 0. The number of para-hydroxylation sites is 1. The number of anilines is 2. The topological polar surface area (TPSA) is 225 Å². The lowest BCUT2D eigenvalue weighted by molar-refractivity contribution is 0.481. The van der Waals surface area contributed by atoms with Gasteiger partial charge in [0.15, 0.2) is 0 Å². The van der Waals surface area contributed by atoms with Crippen molar-refractivity contribution in [3.05, 3.63) is 103 Å². The Bertz CT molecular complexity index is 2310. The van der Waals surface area contributed by atoms with Crippen LogP contribution >= 0.6 is 0 Å². The summed E-state index contributed by atoms with van der Waals surface area (Å²) in [6.07, 6.45) is 0. The smallest absolute Gasteiger partial charge is 0.296 e. The second kappa shape index (κ2) is 12.2. The number of hydrogen-bond acceptors (Lipinski definition) is 11. The van der Waals surface area contributed by atoms with Gasteiger partial charge in [-0.1, -0.05) is 30.3 Å². The lowest BCUT2D eigenvalue weighted by Gasteiger charge is -2.14. The third-order valence-corrected chi connectivity index (χ3v) is 8.86. The molecule has 5 rings (SSSR count). The molecule has 0 aliphatic carbocycles. The molecule has 0 radical (unpaired) electrons. The molecule has 0 saturated carbocycles. The monoisotopic (exact) mass is 667 g/mol. The van der Waals surface area contributed by atoms with Crippen molar-refractivity contribution in [2.45, 2.75) is 14.7 Å². The van der Waals surface area contributed by atoms with E-state index in [0.29, 0.717) is 11.4 Å². The first-order valence-electron chi connectivity index (χ1n) is 12.6. The maximum absolute atomic E-state index is 12.3. The Morgan fingerprint density at radius 2 is 1.11 bits per heavy atom. The SMILES string of the molecule is O=S(=O)(O)c1ccc(N=Nc2ccc(N=Nc3ccc(Nc4ccccc4)c4c(S(=O)(=O)O)cccc34)c(S(=O)(=O)O)c2)cc1. The van der Waals surface area contributed by atoms with E-state index in [4.69, 9.17) is 4.55 Å². The highest BCUT2D eigenvalue weighted by Gasteiger charge is 2.20. The molecule has 0 amide bonds. The van der Waals surface area contributed by atoms with E-state index in [1.807, 2.05) is 0 Å². The van der Waals surface area contributed by atoms with Crippen LogP contribution in [0.3, 0.4) is 0 Å². The Balaban J connectivity index is 1.53. The highest BCUT2D eigenvalue weighted by Crippen LogP contribution is 2.39. The van der Waals surface area contributed by atoms with E-state index >= 15 is 0 Å². The average molecular weight is 668 g/mol. The Hall–Kier alpha value is -4.91. The van der Waals surface area contributed by atoms with Crippen molar-refractivity contribution in [2.75, 3.05) is 5.32 Å². The van der Waals surface area contributed by atoms with Crippen LogP contribution in [0.25, 0.3) is 10.8 Å². The molecular formula is C28H21N5O9S3. The molecule has 5 aromatic carbocycles. The zero-order valence-corrected chi connectivity index (χ0v) is 25.1. The van der Waals surface area contributed by atoms with Crippen LogP contribution < -0.4 is 5.32 Å². The Labute approximate surface area is 257 Å². The van der Waals surface area contributed by atoms with Gasteiger partial charge in [-0.2, -0.15) is 35.5 Å². The van der Waals surface area contributed by atoms with Gasteiger partial charge in [0.05, 0.1) is 22.0 Å². The molecular weight excluding hydrogens is 647 g/mol. The first-order chi connectivity index (χ1) is 21.2. The van der Waals surface area contributed by atoms with Crippen molar-refractivity contribution < 1.29 is 38.9 Å². The molecule has 45 heavy (non-hydrogen) atoms. The molecule has 14 nitrogen and oxygen atoms in total. The van der Waals surface area contributed by atoms with Crippen LogP contribution in [0.5, 0.6) is 0 Å². The van der Waals surface area contributed by atoms with E-state index in [0.717, 1.165) is 18.2 Å². The van der Waals surface area contributed by atoms with E-state index in [9.17, 15) is 34.4 Å². The molecule has 0 saturated heterocycles. The second-order valence-electron chi connectivity index (χ2n) is 9.27. The fraction of sp³-hybridized carbons (Fsp3) is 0. The van der Waals surface area contributed by atoms with Gasteiger partial charge in [-0.25, -0.2) is 0 Å². The van der Waals surface area contributed by atoms with Crippen LogP contribution in [0, 0.1) is 0 Å². The van der Waals surface area contributed by atoms with Gasteiger partial charge in [0.1, 0.15) is 15.5 Å². The van der Waals surface area contributed by atoms with Crippen molar-refractivity contribution in [2.24, 2.45) is 20.5 Å². The molecule has 5 aromatic rings. The van der Waals surface area contributed by atoms with Crippen LogP contribution in [-0.4, -0.2) is 38.9 Å². The molecule has 0 aromatic heterocycles. The number of rotatable bonds is 9. The van der Waals surface area contributed by atoms with Gasteiger partial charge in [-0.3, -0.25) is 13.7 Å². The number of fused-ring (bicyclic) bond motifs is 1. The first-order valence-corrected chi connectivity index (χ1v) is 16.9. The van der Waals surface area contributed by atoms with E-state index < -0.39 is 40.1 Å². The van der Waals surface area contributed by atoms with Gasteiger partial charge in [0.2, 0.25) is 0 Å². The van der Waals surface area contributed by atoms with Gasteiger partial charge in [0.25, 0.3) is 30.4 Å². The molecule has 0 unspecified atom stereocenters. The maximum Gasteiger partial charge on any atom is 0.296 e. The predicted molar refractivity (Wildman–Crippen MR) is 164 cm³/mol. The number of benzene rings is 5. The number of azo groups is 2. The van der Waals surface area contributed by atoms with Gasteiger partial charge in [0, 0.05) is 22.1 Å². The Morgan fingerprint density at radius 1 is 0.511 bits per heavy atom. The lowest BCUT2D eigenvalue weighted by atomic mass is 10.1. The minimum Gasteiger partial charge on any atom is -0.355 e. The van der Waals surface area contributed by atoms with Crippen molar-refractivity contribution in [3.63, 3.8) is 0 Å². The van der Waals surface area contributed by atoms with Crippen molar-refractivity contribution in [1.29, 1.82) is 0 Å². The first kappa shape index (κ1) is 31.5. The summed E-state index contributed by atoms with van der Waals surface area (Å²) in [5, 5.41) is 19.4. The van der Waals surface area contributed by atoms with Crippen LogP contribution in [-0.2, 0) is 30.4 Å². The standard InChI is InChI=1S/C28H21N5O9S3/c34-43(35,36)21-12-9-19(10-13-21)30-31-20-11-14-24(27(17-20)45(40,41)42)33-32-23-15-16-25(29-18-5-2-1-3-6-18)28-22(23)7-4-8-26(28)44(37,38)39/h1-17,29H,(H,34,35,36)(H,37,38,39)(H,40,41,42). The van der Waals surface area contributed by atoms with Gasteiger partial charge in [-0.15, -0.1) is 10.2 Å². The summed E-state index contributed by atoms with van der Waals surface area (Å²) in [4.78, 5) is -1.40. The van der Waals surface area contributed by atoms with Gasteiger partial charge < -0.3 is 5.32 Å². The minimum absolute atomic E-state index is 0.0139. The summed E-state index contributed by atoms with van der Waals surface area (Å²) in [6, 6.07) is 24.3. The molecule has 0 spiro atoms. The Kier molecular flexibility index (Phi) is 8.57. The van der Waals surface area contributed by atoms with Crippen molar-refractivity contribution in [3.8, 4) is 0 Å². The third kappa shape index (κ3) is 7.43. The average Bonchev–Trinajstić information content (AvgIpc) is 2.99. The normalized spacial score (nSPS) is 12.7. The largest absolute Gasteiger partial charge is 0.355 e. The highest BCUT2D eigenvalue weighted by atomic mass is 32.2. The summed E-state index contributed by atoms with van der Waals surface area (Å²) in [5.74, 6) is 0. The van der Waals surface area contributed by atoms with E-state index in [1.54, 1.807) is 36.4 Å². The van der Waals surface area contributed by atoms with Crippen LogP contribution in [0.2, 0.25) is 0 Å². The summed E-state index contributed by atoms with van der Waals surface area (Å²) < 4.78 is 100. The third-order valence-electron chi connectivity index (χ3n) is 6.21. The lowest BCUT2D eigenvalue weighted by Crippen LogP contribution is -2.01. The number of hydrogen-bond donors (Lipinski definition) is 4. The molecule has 230 valence electrons. The molecule has 4 N–H and O–H groups in total. The summed E-state index contributed by atoms with van der Waals surface area (Å²) >= 11 is 0. The second-order valence-corrected chi connectivity index (χ2v) is 13.5.